The third-order valence-corrected chi connectivity index (χ3v) is 1.83. The van der Waals surface area contributed by atoms with E-state index in [1.807, 2.05) is 0 Å². The van der Waals surface area contributed by atoms with Crippen molar-refractivity contribution in [3.63, 3.8) is 0 Å². The van der Waals surface area contributed by atoms with Gasteiger partial charge in [0.1, 0.15) is 5.75 Å². The van der Waals surface area contributed by atoms with E-state index < -0.39 is 0 Å². The standard InChI is InChI=1S/C8H8Cl2N2O/c9-5-1-2-6(10)7(3-5)13-4-8(11)12/h1-3H,4H2,(H3,11,12)/p+1. The second-order valence-electron chi connectivity index (χ2n) is 2.44. The number of hydrogen-bond donors (Lipinski definition) is 2. The molecule has 0 unspecified atom stereocenters. The van der Waals surface area contributed by atoms with Crippen LogP contribution in [0.3, 0.4) is 0 Å². The van der Waals surface area contributed by atoms with E-state index in [1.54, 1.807) is 18.2 Å². The predicted molar refractivity (Wildman–Crippen MR) is 53.1 cm³/mol. The van der Waals surface area contributed by atoms with Crippen molar-refractivity contribution >= 4 is 29.0 Å². The van der Waals surface area contributed by atoms with Crippen LogP contribution in [0, 0.1) is 0 Å². The maximum atomic E-state index is 5.81. The Morgan fingerprint density at radius 3 is 2.77 bits per heavy atom. The van der Waals surface area contributed by atoms with Gasteiger partial charge in [-0.3, -0.25) is 11.1 Å². The van der Waals surface area contributed by atoms with Crippen molar-refractivity contribution < 1.29 is 10.1 Å². The molecule has 1 rings (SSSR count). The maximum Gasteiger partial charge on any atom is 0.276 e. The molecule has 0 aliphatic rings. The smallest absolute Gasteiger partial charge is 0.276 e. The first-order valence-electron chi connectivity index (χ1n) is 3.54. The Balaban J connectivity index is 2.75. The van der Waals surface area contributed by atoms with Crippen molar-refractivity contribution in [3.8, 4) is 5.75 Å². The summed E-state index contributed by atoms with van der Waals surface area (Å²) in [5, 5.41) is 6.25. The second kappa shape index (κ2) is 4.35. The largest absolute Gasteiger partial charge is 0.479 e. The molecule has 1 aromatic rings. The molecule has 13 heavy (non-hydrogen) atoms. The molecule has 0 radical (unpaired) electrons. The van der Waals surface area contributed by atoms with E-state index in [2.05, 4.69) is 0 Å². The Morgan fingerprint density at radius 2 is 2.15 bits per heavy atom. The monoisotopic (exact) mass is 219 g/mol. The van der Waals surface area contributed by atoms with E-state index in [1.165, 1.54) is 0 Å². The topological polar surface area (TPSA) is 60.8 Å². The van der Waals surface area contributed by atoms with Crippen LogP contribution in [0.25, 0.3) is 0 Å². The van der Waals surface area contributed by atoms with Crippen LogP contribution in [-0.2, 0) is 0 Å². The number of benzene rings is 1. The minimum atomic E-state index is 0.125. The third kappa shape index (κ3) is 3.13. The van der Waals surface area contributed by atoms with Crippen molar-refractivity contribution in [3.05, 3.63) is 28.2 Å². The van der Waals surface area contributed by atoms with Gasteiger partial charge < -0.3 is 4.74 Å². The zero-order valence-electron chi connectivity index (χ0n) is 6.76. The van der Waals surface area contributed by atoms with Crippen molar-refractivity contribution in [2.75, 3.05) is 6.61 Å². The first kappa shape index (κ1) is 10.2. The van der Waals surface area contributed by atoms with Gasteiger partial charge in [-0.15, -0.1) is 0 Å². The van der Waals surface area contributed by atoms with Crippen LogP contribution >= 0.6 is 23.2 Å². The van der Waals surface area contributed by atoms with E-state index >= 15 is 0 Å². The highest BCUT2D eigenvalue weighted by Gasteiger charge is 2.04. The molecule has 4 N–H and O–H groups in total. The molecule has 0 fully saturated rings. The van der Waals surface area contributed by atoms with Crippen LogP contribution in [0.2, 0.25) is 10.0 Å². The molecule has 0 amide bonds. The molecule has 1 aromatic carbocycles. The van der Waals surface area contributed by atoms with Gasteiger partial charge in [-0.2, -0.15) is 0 Å². The Kier molecular flexibility index (Phi) is 3.39. The SMILES string of the molecule is NC(=[NH2+])COc1cc(Cl)ccc1Cl. The Labute approximate surface area is 85.9 Å². The average molecular weight is 220 g/mol. The molecule has 0 spiro atoms. The zero-order chi connectivity index (χ0) is 9.84. The minimum absolute atomic E-state index is 0.125. The highest BCUT2D eigenvalue weighted by atomic mass is 35.5. The van der Waals surface area contributed by atoms with Crippen LogP contribution in [0.4, 0.5) is 0 Å². The molecule has 0 aliphatic carbocycles. The molecule has 0 atom stereocenters. The molecule has 0 bridgehead atoms. The van der Waals surface area contributed by atoms with Crippen molar-refractivity contribution in [1.29, 1.82) is 0 Å². The fourth-order valence-corrected chi connectivity index (χ4v) is 1.08. The van der Waals surface area contributed by atoms with E-state index in [9.17, 15) is 0 Å². The van der Waals surface area contributed by atoms with Gasteiger partial charge >= 0.3 is 0 Å². The third-order valence-electron chi connectivity index (χ3n) is 1.29. The van der Waals surface area contributed by atoms with E-state index in [0.29, 0.717) is 15.8 Å². The molecule has 70 valence electrons. The van der Waals surface area contributed by atoms with Gasteiger partial charge in [-0.05, 0) is 12.1 Å². The van der Waals surface area contributed by atoms with E-state index in [-0.39, 0.29) is 12.4 Å². The van der Waals surface area contributed by atoms with Crippen molar-refractivity contribution in [2.24, 2.45) is 5.73 Å². The van der Waals surface area contributed by atoms with Crippen LogP contribution in [-0.4, -0.2) is 12.4 Å². The van der Waals surface area contributed by atoms with Crippen molar-refractivity contribution in [2.45, 2.75) is 0 Å². The normalized spacial score (nSPS) is 9.69. The van der Waals surface area contributed by atoms with Crippen molar-refractivity contribution in [1.82, 2.24) is 0 Å². The number of amidine groups is 1. The summed E-state index contributed by atoms with van der Waals surface area (Å²) in [7, 11) is 0. The summed E-state index contributed by atoms with van der Waals surface area (Å²) < 4.78 is 5.18. The first-order valence-corrected chi connectivity index (χ1v) is 4.30. The van der Waals surface area contributed by atoms with Crippen LogP contribution in [0.15, 0.2) is 18.2 Å². The molecule has 3 nitrogen and oxygen atoms in total. The lowest BCUT2D eigenvalue weighted by molar-refractivity contribution is -0.119. The number of rotatable bonds is 3. The van der Waals surface area contributed by atoms with Gasteiger partial charge in [0.25, 0.3) is 5.84 Å². The summed E-state index contributed by atoms with van der Waals surface area (Å²) in [5.41, 5.74) is 5.22. The van der Waals surface area contributed by atoms with Gasteiger partial charge in [0.15, 0.2) is 6.61 Å². The summed E-state index contributed by atoms with van der Waals surface area (Å²) in [6.45, 7) is 0.125. The lowest BCUT2D eigenvalue weighted by atomic mass is 10.3. The predicted octanol–water partition coefficient (Wildman–Crippen LogP) is 0.488. The summed E-state index contributed by atoms with van der Waals surface area (Å²) in [6, 6.07) is 4.92. The van der Waals surface area contributed by atoms with E-state index in [4.69, 9.17) is 39.1 Å². The number of hydrogen-bond acceptors (Lipinski definition) is 1. The lowest BCUT2D eigenvalue weighted by Crippen LogP contribution is -2.49. The fourth-order valence-electron chi connectivity index (χ4n) is 0.749. The highest BCUT2D eigenvalue weighted by molar-refractivity contribution is 6.34. The quantitative estimate of drug-likeness (QED) is 0.575. The Morgan fingerprint density at radius 1 is 1.46 bits per heavy atom. The minimum Gasteiger partial charge on any atom is -0.479 e. The maximum absolute atomic E-state index is 5.81. The van der Waals surface area contributed by atoms with Crippen LogP contribution in [0.1, 0.15) is 0 Å². The summed E-state index contributed by atoms with van der Waals surface area (Å²) in [6.07, 6.45) is 0. The fraction of sp³-hybridized carbons (Fsp3) is 0.125. The molecule has 5 heteroatoms. The number of nitrogens with two attached hydrogens (primary N) is 2. The molecule has 0 aromatic heterocycles. The summed E-state index contributed by atoms with van der Waals surface area (Å²) in [4.78, 5) is 0. The lowest BCUT2D eigenvalue weighted by Gasteiger charge is -2.04. The first-order chi connectivity index (χ1) is 6.09. The second-order valence-corrected chi connectivity index (χ2v) is 3.28. The van der Waals surface area contributed by atoms with Gasteiger partial charge in [-0.1, -0.05) is 23.2 Å². The molecule has 0 heterocycles. The van der Waals surface area contributed by atoms with Gasteiger partial charge in [0, 0.05) is 11.1 Å². The molecule has 0 saturated heterocycles. The zero-order valence-corrected chi connectivity index (χ0v) is 8.27. The molecule has 0 saturated carbocycles. The molecule has 0 aliphatic heterocycles. The number of ether oxygens (including phenoxy) is 1. The van der Waals surface area contributed by atoms with Gasteiger partial charge in [0.05, 0.1) is 5.02 Å². The Bertz CT molecular complexity index is 328. The summed E-state index contributed by atoms with van der Waals surface area (Å²) >= 11 is 11.5. The van der Waals surface area contributed by atoms with Gasteiger partial charge in [-0.25, -0.2) is 0 Å². The average Bonchev–Trinajstić information content (AvgIpc) is 2.06. The van der Waals surface area contributed by atoms with Gasteiger partial charge in [0.2, 0.25) is 0 Å². The van der Waals surface area contributed by atoms with Crippen LogP contribution < -0.4 is 15.9 Å². The summed E-state index contributed by atoms with van der Waals surface area (Å²) in [5.74, 6) is 0.665. The van der Waals surface area contributed by atoms with Crippen LogP contribution in [0.5, 0.6) is 5.75 Å². The number of halogens is 2. The molecular formula is C8H9Cl2N2O+. The highest BCUT2D eigenvalue weighted by Crippen LogP contribution is 2.27. The molecular weight excluding hydrogens is 211 g/mol. The Hall–Kier alpha value is -0.930. The van der Waals surface area contributed by atoms with E-state index in [0.717, 1.165) is 0 Å².